The van der Waals surface area contributed by atoms with Gasteiger partial charge < -0.3 is 19.2 Å². The Morgan fingerprint density at radius 3 is 2.44 bits per heavy atom. The van der Waals surface area contributed by atoms with Crippen molar-refractivity contribution in [1.29, 1.82) is 0 Å². The number of rotatable bonds is 9. The topological polar surface area (TPSA) is 80.0 Å². The van der Waals surface area contributed by atoms with Crippen molar-refractivity contribution in [2.24, 2.45) is 23.7 Å². The largest absolute Gasteiger partial charge is 0.497 e. The number of benzene rings is 1. The standard InChI is InChI=1S/C26H29NO5/c1-16(2)13-22(17-8-10-20(31-3)11-9-17)27(15-21-5-4-12-32-21)25(28)23-18-6-7-19(14-18)24(23)26(29)30/h4-12,18-19,22-24H,1,13-15H2,2-3H3,(H,29,30)/t18-,19+,22+,23+,24-/m1/s1. The van der Waals surface area contributed by atoms with E-state index in [-0.39, 0.29) is 30.3 Å². The molecule has 0 saturated heterocycles. The van der Waals surface area contributed by atoms with Crippen LogP contribution in [0.5, 0.6) is 5.75 Å². The number of furan rings is 1. The molecule has 6 heteroatoms. The van der Waals surface area contributed by atoms with E-state index in [0.717, 1.165) is 23.3 Å². The van der Waals surface area contributed by atoms with Crippen molar-refractivity contribution >= 4 is 11.9 Å². The Morgan fingerprint density at radius 1 is 1.19 bits per heavy atom. The van der Waals surface area contributed by atoms with Crippen LogP contribution in [0.2, 0.25) is 0 Å². The van der Waals surface area contributed by atoms with Gasteiger partial charge in [0.05, 0.1) is 37.8 Å². The second-order valence-electron chi connectivity index (χ2n) is 8.83. The van der Waals surface area contributed by atoms with E-state index in [4.69, 9.17) is 9.15 Å². The van der Waals surface area contributed by atoms with Gasteiger partial charge in [0.1, 0.15) is 11.5 Å². The SMILES string of the molecule is C=C(C)C[C@@H](c1ccc(OC)cc1)N(Cc1ccco1)C(=O)[C@@H]1[C@H](C(=O)O)[C@H]2C=C[C@@H]1C2. The molecule has 2 aliphatic rings. The predicted molar refractivity (Wildman–Crippen MR) is 120 cm³/mol. The maximum atomic E-state index is 14.0. The van der Waals surface area contributed by atoms with E-state index in [1.54, 1.807) is 24.3 Å². The lowest BCUT2D eigenvalue weighted by Crippen LogP contribution is -2.44. The van der Waals surface area contributed by atoms with Gasteiger partial charge in [-0.05, 0) is 61.4 Å². The molecule has 1 amide bonds. The minimum Gasteiger partial charge on any atom is -0.497 e. The van der Waals surface area contributed by atoms with Gasteiger partial charge in [0.25, 0.3) is 0 Å². The van der Waals surface area contributed by atoms with E-state index in [2.05, 4.69) is 6.58 Å². The van der Waals surface area contributed by atoms with Crippen molar-refractivity contribution in [1.82, 2.24) is 4.90 Å². The molecule has 0 unspecified atom stereocenters. The molecule has 5 atom stereocenters. The van der Waals surface area contributed by atoms with Crippen molar-refractivity contribution in [3.63, 3.8) is 0 Å². The zero-order valence-electron chi connectivity index (χ0n) is 18.4. The first-order valence-corrected chi connectivity index (χ1v) is 10.9. The number of amides is 1. The molecule has 1 saturated carbocycles. The van der Waals surface area contributed by atoms with Crippen LogP contribution in [-0.4, -0.2) is 29.0 Å². The Balaban J connectivity index is 1.73. The second kappa shape index (κ2) is 9.07. The molecule has 1 aromatic heterocycles. The van der Waals surface area contributed by atoms with Gasteiger partial charge in [-0.25, -0.2) is 0 Å². The molecule has 4 rings (SSSR count). The van der Waals surface area contributed by atoms with Gasteiger partial charge in [0, 0.05) is 0 Å². The third kappa shape index (κ3) is 4.22. The van der Waals surface area contributed by atoms with E-state index in [9.17, 15) is 14.7 Å². The van der Waals surface area contributed by atoms with E-state index in [1.807, 2.05) is 49.4 Å². The Morgan fingerprint density at radius 2 is 1.88 bits per heavy atom. The molecular weight excluding hydrogens is 406 g/mol. The Kier molecular flexibility index (Phi) is 6.21. The molecule has 1 aromatic carbocycles. The van der Waals surface area contributed by atoms with Crippen LogP contribution in [0, 0.1) is 23.7 Å². The van der Waals surface area contributed by atoms with E-state index in [1.165, 1.54) is 0 Å². The highest BCUT2D eigenvalue weighted by atomic mass is 16.5. The van der Waals surface area contributed by atoms with Gasteiger partial charge in [-0.1, -0.05) is 29.9 Å². The first-order valence-electron chi connectivity index (χ1n) is 10.9. The summed E-state index contributed by atoms with van der Waals surface area (Å²) in [4.78, 5) is 27.9. The molecule has 0 aliphatic heterocycles. The monoisotopic (exact) mass is 435 g/mol. The zero-order valence-corrected chi connectivity index (χ0v) is 18.4. The fraction of sp³-hybridized carbons (Fsp3) is 0.385. The molecule has 1 N–H and O–H groups in total. The molecule has 2 aliphatic carbocycles. The number of hydrogen-bond donors (Lipinski definition) is 1. The molecule has 1 fully saturated rings. The summed E-state index contributed by atoms with van der Waals surface area (Å²) in [6, 6.07) is 11.0. The number of ether oxygens (including phenoxy) is 1. The highest BCUT2D eigenvalue weighted by molar-refractivity contribution is 5.87. The van der Waals surface area contributed by atoms with Crippen molar-refractivity contribution < 1.29 is 23.8 Å². The van der Waals surface area contributed by atoms with Crippen LogP contribution in [0.3, 0.4) is 0 Å². The second-order valence-corrected chi connectivity index (χ2v) is 8.83. The molecule has 32 heavy (non-hydrogen) atoms. The minimum absolute atomic E-state index is 0.0472. The van der Waals surface area contributed by atoms with Crippen molar-refractivity contribution in [2.75, 3.05) is 7.11 Å². The van der Waals surface area contributed by atoms with Crippen molar-refractivity contribution in [3.8, 4) is 5.75 Å². The van der Waals surface area contributed by atoms with Crippen LogP contribution < -0.4 is 4.74 Å². The number of carboxylic acid groups (broad SMARTS) is 1. The first kappa shape index (κ1) is 21.9. The number of hydrogen-bond acceptors (Lipinski definition) is 4. The lowest BCUT2D eigenvalue weighted by molar-refractivity contribution is -0.152. The van der Waals surface area contributed by atoms with E-state index in [0.29, 0.717) is 12.2 Å². The highest BCUT2D eigenvalue weighted by Crippen LogP contribution is 2.49. The van der Waals surface area contributed by atoms with Crippen LogP contribution in [0.1, 0.15) is 37.1 Å². The summed E-state index contributed by atoms with van der Waals surface area (Å²) in [5.41, 5.74) is 1.88. The Hall–Kier alpha value is -3.28. The van der Waals surface area contributed by atoms with Gasteiger partial charge in [0.15, 0.2) is 0 Å². The number of nitrogens with zero attached hydrogens (tertiary/aromatic N) is 1. The highest BCUT2D eigenvalue weighted by Gasteiger charge is 2.53. The lowest BCUT2D eigenvalue weighted by Gasteiger charge is -2.36. The Labute approximate surface area is 188 Å². The summed E-state index contributed by atoms with van der Waals surface area (Å²) in [6.07, 6.45) is 6.83. The molecule has 1 heterocycles. The molecule has 2 bridgehead atoms. The fourth-order valence-corrected chi connectivity index (χ4v) is 5.16. The van der Waals surface area contributed by atoms with Crippen LogP contribution in [0.25, 0.3) is 0 Å². The predicted octanol–water partition coefficient (Wildman–Crippen LogP) is 4.85. The molecule has 2 aromatic rings. The number of carbonyl (C=O) groups excluding carboxylic acids is 1. The number of aliphatic carboxylic acids is 1. The summed E-state index contributed by atoms with van der Waals surface area (Å²) in [5.74, 6) is -1.07. The van der Waals surface area contributed by atoms with E-state index < -0.39 is 17.8 Å². The quantitative estimate of drug-likeness (QED) is 0.570. The lowest BCUT2D eigenvalue weighted by atomic mass is 9.81. The molecule has 168 valence electrons. The average Bonchev–Trinajstić information content (AvgIpc) is 3.53. The number of carboxylic acids is 1. The summed E-state index contributed by atoms with van der Waals surface area (Å²) < 4.78 is 10.9. The maximum Gasteiger partial charge on any atom is 0.307 e. The van der Waals surface area contributed by atoms with Gasteiger partial charge in [-0.3, -0.25) is 9.59 Å². The minimum atomic E-state index is -0.904. The molecular formula is C26H29NO5. The fourth-order valence-electron chi connectivity index (χ4n) is 5.16. The third-order valence-corrected chi connectivity index (χ3v) is 6.64. The zero-order chi connectivity index (χ0) is 22.8. The van der Waals surface area contributed by atoms with Gasteiger partial charge in [-0.2, -0.15) is 0 Å². The summed E-state index contributed by atoms with van der Waals surface area (Å²) in [7, 11) is 1.61. The van der Waals surface area contributed by atoms with Gasteiger partial charge in [0.2, 0.25) is 5.91 Å². The van der Waals surface area contributed by atoms with E-state index >= 15 is 0 Å². The normalized spacial score (nSPS) is 24.3. The molecule has 0 spiro atoms. The van der Waals surface area contributed by atoms with Crippen LogP contribution >= 0.6 is 0 Å². The average molecular weight is 436 g/mol. The summed E-state index contributed by atoms with van der Waals surface area (Å²) >= 11 is 0. The van der Waals surface area contributed by atoms with Crippen LogP contribution in [0.15, 0.2) is 71.4 Å². The first-order chi connectivity index (χ1) is 15.4. The molecule has 0 radical (unpaired) electrons. The number of methoxy groups -OCH3 is 1. The Bertz CT molecular complexity index is 1010. The maximum absolute atomic E-state index is 14.0. The van der Waals surface area contributed by atoms with Gasteiger partial charge in [-0.15, -0.1) is 6.58 Å². The number of carbonyl (C=O) groups is 2. The van der Waals surface area contributed by atoms with Crippen LogP contribution in [0.4, 0.5) is 0 Å². The number of fused-ring (bicyclic) bond motifs is 2. The third-order valence-electron chi connectivity index (χ3n) is 6.64. The van der Waals surface area contributed by atoms with Crippen molar-refractivity contribution in [2.45, 2.75) is 32.4 Å². The van der Waals surface area contributed by atoms with Crippen LogP contribution in [-0.2, 0) is 16.1 Å². The number of allylic oxidation sites excluding steroid dienone is 2. The molecule has 6 nitrogen and oxygen atoms in total. The summed E-state index contributed by atoms with van der Waals surface area (Å²) in [6.45, 7) is 6.28. The smallest absolute Gasteiger partial charge is 0.307 e. The van der Waals surface area contributed by atoms with Gasteiger partial charge >= 0.3 is 5.97 Å². The summed E-state index contributed by atoms with van der Waals surface area (Å²) in [5, 5.41) is 9.90. The van der Waals surface area contributed by atoms with Crippen molar-refractivity contribution in [3.05, 3.63) is 78.3 Å².